The fourth-order valence-corrected chi connectivity index (χ4v) is 1.55. The lowest BCUT2D eigenvalue weighted by atomic mass is 9.98. The van der Waals surface area contributed by atoms with Crippen LogP contribution in [0.4, 0.5) is 4.79 Å². The fourth-order valence-electron chi connectivity index (χ4n) is 1.55. The molecule has 1 heterocycles. The lowest BCUT2D eigenvalue weighted by molar-refractivity contribution is 0.237. The van der Waals surface area contributed by atoms with E-state index in [0.717, 1.165) is 19.6 Å². The maximum absolute atomic E-state index is 11.0. The van der Waals surface area contributed by atoms with E-state index in [4.69, 9.17) is 0 Å². The van der Waals surface area contributed by atoms with Gasteiger partial charge in [-0.3, -0.25) is 0 Å². The minimum atomic E-state index is -0.0407. The monoisotopic (exact) mass is 185 g/mol. The average Bonchev–Trinajstić information content (AvgIpc) is 2.17. The van der Waals surface area contributed by atoms with Gasteiger partial charge in [-0.2, -0.15) is 0 Å². The number of piperidine rings is 1. The minimum Gasteiger partial charge on any atom is -0.338 e. The van der Waals surface area contributed by atoms with E-state index < -0.39 is 0 Å². The van der Waals surface area contributed by atoms with E-state index in [1.165, 1.54) is 12.8 Å². The van der Waals surface area contributed by atoms with Crippen molar-refractivity contribution in [3.05, 3.63) is 0 Å². The number of carbonyl (C=O) groups is 1. The molecule has 4 heteroatoms. The zero-order valence-electron chi connectivity index (χ0n) is 8.23. The molecule has 1 rings (SSSR count). The van der Waals surface area contributed by atoms with Gasteiger partial charge in [0, 0.05) is 13.1 Å². The standard InChI is InChI=1S/C9H19N3O/c1-2-11-9(13)12-7-8-3-5-10-6-4-8/h8,10H,2-7H2,1H3,(H2,11,12,13). The van der Waals surface area contributed by atoms with Gasteiger partial charge in [0.15, 0.2) is 0 Å². The first-order valence-electron chi connectivity index (χ1n) is 5.05. The van der Waals surface area contributed by atoms with Crippen LogP contribution in [0, 0.1) is 5.92 Å². The van der Waals surface area contributed by atoms with Crippen LogP contribution in [0.15, 0.2) is 0 Å². The molecule has 1 aliphatic rings. The summed E-state index contributed by atoms with van der Waals surface area (Å²) in [4.78, 5) is 11.0. The van der Waals surface area contributed by atoms with Gasteiger partial charge in [-0.15, -0.1) is 0 Å². The first-order chi connectivity index (χ1) is 6.33. The van der Waals surface area contributed by atoms with Gasteiger partial charge in [0.2, 0.25) is 0 Å². The highest BCUT2D eigenvalue weighted by molar-refractivity contribution is 5.73. The number of carbonyl (C=O) groups excluding carboxylic acids is 1. The normalized spacial score (nSPS) is 18.2. The Balaban J connectivity index is 2.06. The molecular formula is C9H19N3O. The third-order valence-electron chi connectivity index (χ3n) is 2.35. The first kappa shape index (κ1) is 10.3. The summed E-state index contributed by atoms with van der Waals surface area (Å²) in [6.07, 6.45) is 2.35. The van der Waals surface area contributed by atoms with Crippen molar-refractivity contribution >= 4 is 6.03 Å². The van der Waals surface area contributed by atoms with Crippen LogP contribution >= 0.6 is 0 Å². The van der Waals surface area contributed by atoms with E-state index in [0.29, 0.717) is 12.5 Å². The van der Waals surface area contributed by atoms with Crippen LogP contribution in [0.2, 0.25) is 0 Å². The van der Waals surface area contributed by atoms with Crippen molar-refractivity contribution in [2.45, 2.75) is 19.8 Å². The van der Waals surface area contributed by atoms with Gasteiger partial charge in [0.05, 0.1) is 0 Å². The lowest BCUT2D eigenvalue weighted by Gasteiger charge is -2.22. The average molecular weight is 185 g/mol. The third kappa shape index (κ3) is 4.12. The van der Waals surface area contributed by atoms with Crippen molar-refractivity contribution in [2.75, 3.05) is 26.2 Å². The maximum Gasteiger partial charge on any atom is 0.314 e. The highest BCUT2D eigenvalue weighted by atomic mass is 16.2. The lowest BCUT2D eigenvalue weighted by Crippen LogP contribution is -2.40. The smallest absolute Gasteiger partial charge is 0.314 e. The van der Waals surface area contributed by atoms with Gasteiger partial charge in [0.25, 0.3) is 0 Å². The number of amides is 2. The van der Waals surface area contributed by atoms with Crippen LogP contribution in [-0.2, 0) is 0 Å². The van der Waals surface area contributed by atoms with Gasteiger partial charge in [-0.25, -0.2) is 4.79 Å². The zero-order chi connectivity index (χ0) is 9.52. The number of hydrogen-bond acceptors (Lipinski definition) is 2. The SMILES string of the molecule is CCNC(=O)NCC1CCNCC1. The summed E-state index contributed by atoms with van der Waals surface area (Å²) in [7, 11) is 0. The Bertz CT molecular complexity index is 155. The molecule has 1 saturated heterocycles. The van der Waals surface area contributed by atoms with Crippen molar-refractivity contribution in [1.29, 1.82) is 0 Å². The second kappa shape index (κ2) is 5.80. The quantitative estimate of drug-likeness (QED) is 0.592. The third-order valence-corrected chi connectivity index (χ3v) is 2.35. The molecule has 0 aromatic heterocycles. The summed E-state index contributed by atoms with van der Waals surface area (Å²) < 4.78 is 0. The molecule has 0 saturated carbocycles. The minimum absolute atomic E-state index is 0.0407. The number of nitrogens with one attached hydrogen (secondary N) is 3. The number of rotatable bonds is 3. The van der Waals surface area contributed by atoms with Gasteiger partial charge in [-0.1, -0.05) is 0 Å². The van der Waals surface area contributed by atoms with Gasteiger partial charge < -0.3 is 16.0 Å². The molecule has 0 atom stereocenters. The maximum atomic E-state index is 11.0. The molecule has 3 N–H and O–H groups in total. The molecule has 13 heavy (non-hydrogen) atoms. The Labute approximate surface area is 79.5 Å². The largest absolute Gasteiger partial charge is 0.338 e. The molecule has 0 radical (unpaired) electrons. The van der Waals surface area contributed by atoms with Gasteiger partial charge in [-0.05, 0) is 38.8 Å². The highest BCUT2D eigenvalue weighted by Crippen LogP contribution is 2.09. The Morgan fingerprint density at radius 1 is 1.38 bits per heavy atom. The second-order valence-electron chi connectivity index (χ2n) is 3.43. The van der Waals surface area contributed by atoms with Crippen molar-refractivity contribution in [3.8, 4) is 0 Å². The van der Waals surface area contributed by atoms with Gasteiger partial charge >= 0.3 is 6.03 Å². The first-order valence-corrected chi connectivity index (χ1v) is 5.05. The molecule has 2 amide bonds. The Hall–Kier alpha value is -0.770. The van der Waals surface area contributed by atoms with Crippen molar-refractivity contribution < 1.29 is 4.79 Å². The summed E-state index contributed by atoms with van der Waals surface area (Å²) in [5.41, 5.74) is 0. The second-order valence-corrected chi connectivity index (χ2v) is 3.43. The summed E-state index contributed by atoms with van der Waals surface area (Å²) in [5, 5.41) is 8.89. The van der Waals surface area contributed by atoms with E-state index in [2.05, 4.69) is 16.0 Å². The molecule has 0 aliphatic carbocycles. The molecular weight excluding hydrogens is 166 g/mol. The fraction of sp³-hybridized carbons (Fsp3) is 0.889. The van der Waals surface area contributed by atoms with Crippen LogP contribution in [-0.4, -0.2) is 32.2 Å². The molecule has 1 fully saturated rings. The van der Waals surface area contributed by atoms with Gasteiger partial charge in [0.1, 0.15) is 0 Å². The molecule has 0 aromatic carbocycles. The van der Waals surface area contributed by atoms with Crippen LogP contribution < -0.4 is 16.0 Å². The predicted octanol–water partition coefficient (Wildman–Crippen LogP) is 0.305. The summed E-state index contributed by atoms with van der Waals surface area (Å²) in [5.74, 6) is 0.656. The molecule has 1 aliphatic heterocycles. The topological polar surface area (TPSA) is 53.2 Å². The van der Waals surface area contributed by atoms with Crippen LogP contribution in [0.25, 0.3) is 0 Å². The summed E-state index contributed by atoms with van der Waals surface area (Å²) in [6.45, 7) is 5.60. The number of hydrogen-bond donors (Lipinski definition) is 3. The molecule has 0 bridgehead atoms. The van der Waals surface area contributed by atoms with Crippen LogP contribution in [0.5, 0.6) is 0 Å². The highest BCUT2D eigenvalue weighted by Gasteiger charge is 2.13. The Kier molecular flexibility index (Phi) is 4.60. The van der Waals surface area contributed by atoms with Crippen molar-refractivity contribution in [1.82, 2.24) is 16.0 Å². The van der Waals surface area contributed by atoms with Crippen molar-refractivity contribution in [3.63, 3.8) is 0 Å². The molecule has 76 valence electrons. The van der Waals surface area contributed by atoms with Crippen LogP contribution in [0.1, 0.15) is 19.8 Å². The van der Waals surface area contributed by atoms with Crippen LogP contribution in [0.3, 0.4) is 0 Å². The Morgan fingerprint density at radius 3 is 2.69 bits per heavy atom. The number of urea groups is 1. The predicted molar refractivity (Wildman–Crippen MR) is 52.7 cm³/mol. The van der Waals surface area contributed by atoms with E-state index in [-0.39, 0.29) is 6.03 Å². The summed E-state index contributed by atoms with van der Waals surface area (Å²) in [6, 6.07) is -0.0407. The van der Waals surface area contributed by atoms with Crippen molar-refractivity contribution in [2.24, 2.45) is 5.92 Å². The van der Waals surface area contributed by atoms with E-state index in [9.17, 15) is 4.79 Å². The molecule has 0 unspecified atom stereocenters. The zero-order valence-corrected chi connectivity index (χ0v) is 8.23. The van der Waals surface area contributed by atoms with E-state index >= 15 is 0 Å². The molecule has 0 aromatic rings. The van der Waals surface area contributed by atoms with E-state index in [1.807, 2.05) is 6.92 Å². The molecule has 0 spiro atoms. The Morgan fingerprint density at radius 2 is 2.08 bits per heavy atom. The summed E-state index contributed by atoms with van der Waals surface area (Å²) >= 11 is 0. The molecule has 4 nitrogen and oxygen atoms in total. The van der Waals surface area contributed by atoms with E-state index in [1.54, 1.807) is 0 Å².